The summed E-state index contributed by atoms with van der Waals surface area (Å²) in [5.74, 6) is 2.89. The lowest BCUT2D eigenvalue weighted by Gasteiger charge is -2.12. The van der Waals surface area contributed by atoms with Crippen molar-refractivity contribution in [3.05, 3.63) is 84.2 Å². The fourth-order valence-electron chi connectivity index (χ4n) is 3.39. The van der Waals surface area contributed by atoms with Crippen molar-refractivity contribution in [2.45, 2.75) is 25.6 Å². The van der Waals surface area contributed by atoms with Crippen molar-refractivity contribution in [1.82, 2.24) is 14.8 Å². The molecule has 4 aromatic rings. The third-order valence-electron chi connectivity index (χ3n) is 5.20. The van der Waals surface area contributed by atoms with Crippen molar-refractivity contribution in [3.8, 4) is 22.9 Å². The van der Waals surface area contributed by atoms with Crippen molar-refractivity contribution in [1.29, 1.82) is 0 Å². The fraction of sp³-hybridized carbons (Fsp3) is 0.222. The van der Waals surface area contributed by atoms with E-state index in [0.717, 1.165) is 28.5 Å². The highest BCUT2D eigenvalue weighted by atomic mass is 32.2. The second-order valence-corrected chi connectivity index (χ2v) is 8.77. The average Bonchev–Trinajstić information content (AvgIpc) is 3.31. The zero-order chi connectivity index (χ0) is 25.3. The van der Waals surface area contributed by atoms with Crippen LogP contribution >= 0.6 is 11.8 Å². The molecule has 0 aliphatic carbocycles. The maximum absolute atomic E-state index is 12.6. The summed E-state index contributed by atoms with van der Waals surface area (Å²) in [4.78, 5) is 12.6. The first-order chi connectivity index (χ1) is 17.6. The van der Waals surface area contributed by atoms with Gasteiger partial charge in [0.25, 0.3) is 0 Å². The standard InChI is InChI=1S/C27H28N4O4S/c1-4-34-23-15-9-21(10-16-23)31-25(17-35-24-11-5-19(2)6-12-24)29-30-27(31)36-18-26(32)28-20-7-13-22(33-3)14-8-20/h5-16H,4,17-18H2,1-3H3,(H,28,32). The molecule has 0 aliphatic heterocycles. The van der Waals surface area contributed by atoms with Crippen LogP contribution in [0.3, 0.4) is 0 Å². The Labute approximate surface area is 214 Å². The molecule has 0 radical (unpaired) electrons. The van der Waals surface area contributed by atoms with Crippen LogP contribution in [0, 0.1) is 6.92 Å². The summed E-state index contributed by atoms with van der Waals surface area (Å²) in [6.45, 7) is 4.79. The minimum Gasteiger partial charge on any atom is -0.497 e. The molecule has 0 bridgehead atoms. The summed E-state index contributed by atoms with van der Waals surface area (Å²) >= 11 is 1.30. The first kappa shape index (κ1) is 25.1. The van der Waals surface area contributed by atoms with Crippen LogP contribution in [-0.4, -0.2) is 40.1 Å². The van der Waals surface area contributed by atoms with E-state index in [-0.39, 0.29) is 18.3 Å². The Kier molecular flexibility index (Phi) is 8.46. The van der Waals surface area contributed by atoms with Crippen molar-refractivity contribution >= 4 is 23.4 Å². The van der Waals surface area contributed by atoms with E-state index >= 15 is 0 Å². The van der Waals surface area contributed by atoms with Crippen LogP contribution in [0.2, 0.25) is 0 Å². The number of methoxy groups -OCH3 is 1. The van der Waals surface area contributed by atoms with Crippen LogP contribution in [-0.2, 0) is 11.4 Å². The molecule has 4 rings (SSSR count). The molecule has 0 atom stereocenters. The Hall–Kier alpha value is -3.98. The Morgan fingerprint density at radius 2 is 1.53 bits per heavy atom. The molecular weight excluding hydrogens is 476 g/mol. The average molecular weight is 505 g/mol. The van der Waals surface area contributed by atoms with Gasteiger partial charge in [-0.3, -0.25) is 9.36 Å². The van der Waals surface area contributed by atoms with Crippen LogP contribution in [0.15, 0.2) is 78.0 Å². The lowest BCUT2D eigenvalue weighted by molar-refractivity contribution is -0.113. The van der Waals surface area contributed by atoms with E-state index in [0.29, 0.717) is 23.3 Å². The Bertz CT molecular complexity index is 1270. The van der Waals surface area contributed by atoms with Gasteiger partial charge in [-0.25, -0.2) is 0 Å². The van der Waals surface area contributed by atoms with Crippen molar-refractivity contribution in [3.63, 3.8) is 0 Å². The zero-order valence-electron chi connectivity index (χ0n) is 20.4. The summed E-state index contributed by atoms with van der Waals surface area (Å²) < 4.78 is 18.6. The number of nitrogens with one attached hydrogen (secondary N) is 1. The van der Waals surface area contributed by atoms with Gasteiger partial charge in [0.05, 0.1) is 19.5 Å². The number of ether oxygens (including phenoxy) is 3. The number of aryl methyl sites for hydroxylation is 1. The quantitative estimate of drug-likeness (QED) is 0.278. The summed E-state index contributed by atoms with van der Waals surface area (Å²) in [6.07, 6.45) is 0. The molecule has 36 heavy (non-hydrogen) atoms. The fourth-order valence-corrected chi connectivity index (χ4v) is 4.16. The molecule has 0 saturated carbocycles. The smallest absolute Gasteiger partial charge is 0.234 e. The number of aromatic nitrogens is 3. The third kappa shape index (κ3) is 6.57. The van der Waals surface area contributed by atoms with E-state index in [2.05, 4.69) is 15.5 Å². The molecule has 0 fully saturated rings. The lowest BCUT2D eigenvalue weighted by Crippen LogP contribution is -2.14. The van der Waals surface area contributed by atoms with Gasteiger partial charge in [-0.05, 0) is 74.5 Å². The van der Waals surface area contributed by atoms with Gasteiger partial charge in [-0.1, -0.05) is 29.5 Å². The molecule has 3 aromatic carbocycles. The number of carbonyl (C=O) groups is 1. The Morgan fingerprint density at radius 1 is 0.889 bits per heavy atom. The summed E-state index contributed by atoms with van der Waals surface area (Å²) in [6, 6.07) is 22.7. The summed E-state index contributed by atoms with van der Waals surface area (Å²) in [5.41, 5.74) is 2.71. The second kappa shape index (κ2) is 12.1. The Morgan fingerprint density at radius 3 is 2.19 bits per heavy atom. The van der Waals surface area contributed by atoms with Gasteiger partial charge >= 0.3 is 0 Å². The number of carbonyl (C=O) groups excluding carboxylic acids is 1. The molecule has 1 heterocycles. The third-order valence-corrected chi connectivity index (χ3v) is 6.13. The van der Waals surface area contributed by atoms with E-state index in [4.69, 9.17) is 14.2 Å². The molecule has 0 saturated heterocycles. The highest BCUT2D eigenvalue weighted by molar-refractivity contribution is 7.99. The van der Waals surface area contributed by atoms with Crippen molar-refractivity contribution in [2.24, 2.45) is 0 Å². The predicted molar refractivity (Wildman–Crippen MR) is 140 cm³/mol. The predicted octanol–water partition coefficient (Wildman–Crippen LogP) is 5.29. The maximum atomic E-state index is 12.6. The number of hydrogen-bond acceptors (Lipinski definition) is 7. The van der Waals surface area contributed by atoms with E-state index in [9.17, 15) is 4.79 Å². The van der Waals surface area contributed by atoms with Gasteiger partial charge in [0.2, 0.25) is 5.91 Å². The van der Waals surface area contributed by atoms with E-state index in [1.165, 1.54) is 11.8 Å². The molecule has 8 nitrogen and oxygen atoms in total. The highest BCUT2D eigenvalue weighted by Crippen LogP contribution is 2.25. The normalized spacial score (nSPS) is 10.6. The molecule has 9 heteroatoms. The van der Waals surface area contributed by atoms with E-state index < -0.39 is 0 Å². The van der Waals surface area contributed by atoms with Gasteiger partial charge in [0.15, 0.2) is 11.0 Å². The molecule has 0 aliphatic rings. The lowest BCUT2D eigenvalue weighted by atomic mass is 10.2. The van der Waals surface area contributed by atoms with E-state index in [1.54, 1.807) is 31.4 Å². The minimum atomic E-state index is -0.149. The van der Waals surface area contributed by atoms with Crippen molar-refractivity contribution in [2.75, 3.05) is 24.8 Å². The van der Waals surface area contributed by atoms with Crippen molar-refractivity contribution < 1.29 is 19.0 Å². The van der Waals surface area contributed by atoms with Crippen LogP contribution in [0.1, 0.15) is 18.3 Å². The van der Waals surface area contributed by atoms with Crippen LogP contribution < -0.4 is 19.5 Å². The second-order valence-electron chi connectivity index (χ2n) is 7.83. The molecule has 0 spiro atoms. The number of thioether (sulfide) groups is 1. The number of anilines is 1. The Balaban J connectivity index is 1.50. The monoisotopic (exact) mass is 504 g/mol. The van der Waals surface area contributed by atoms with Crippen LogP contribution in [0.25, 0.3) is 5.69 Å². The number of nitrogens with zero attached hydrogens (tertiary/aromatic N) is 3. The van der Waals surface area contributed by atoms with Gasteiger partial charge in [-0.15, -0.1) is 10.2 Å². The molecular formula is C27H28N4O4S. The van der Waals surface area contributed by atoms with Gasteiger partial charge in [0, 0.05) is 11.4 Å². The minimum absolute atomic E-state index is 0.149. The maximum Gasteiger partial charge on any atom is 0.234 e. The number of benzene rings is 3. The first-order valence-electron chi connectivity index (χ1n) is 11.5. The van der Waals surface area contributed by atoms with E-state index in [1.807, 2.05) is 66.9 Å². The topological polar surface area (TPSA) is 87.5 Å². The van der Waals surface area contributed by atoms with Gasteiger partial charge < -0.3 is 19.5 Å². The number of rotatable bonds is 11. The summed E-state index contributed by atoms with van der Waals surface area (Å²) in [5, 5.41) is 12.2. The molecule has 186 valence electrons. The molecule has 1 N–H and O–H groups in total. The largest absolute Gasteiger partial charge is 0.497 e. The number of hydrogen-bond donors (Lipinski definition) is 1. The first-order valence-corrected chi connectivity index (χ1v) is 12.5. The zero-order valence-corrected chi connectivity index (χ0v) is 21.2. The molecule has 1 amide bonds. The molecule has 0 unspecified atom stereocenters. The van der Waals surface area contributed by atoms with Crippen LogP contribution in [0.5, 0.6) is 17.2 Å². The van der Waals surface area contributed by atoms with Gasteiger partial charge in [0.1, 0.15) is 23.9 Å². The number of amides is 1. The molecule has 1 aromatic heterocycles. The van der Waals surface area contributed by atoms with Gasteiger partial charge in [-0.2, -0.15) is 0 Å². The summed E-state index contributed by atoms with van der Waals surface area (Å²) in [7, 11) is 1.60. The highest BCUT2D eigenvalue weighted by Gasteiger charge is 2.17. The van der Waals surface area contributed by atoms with Crippen LogP contribution in [0.4, 0.5) is 5.69 Å². The SMILES string of the molecule is CCOc1ccc(-n2c(COc3ccc(C)cc3)nnc2SCC(=O)Nc2ccc(OC)cc2)cc1.